The number of carbonyl (C=O) groups excluding carboxylic acids is 3. The van der Waals surface area contributed by atoms with Crippen LogP contribution in [-0.2, 0) is 14.3 Å². The number of halogens is 1. The van der Waals surface area contributed by atoms with Crippen molar-refractivity contribution in [3.8, 4) is 5.75 Å². The molecule has 2 atom stereocenters. The van der Waals surface area contributed by atoms with Crippen molar-refractivity contribution in [2.45, 2.75) is 18.6 Å². The SMILES string of the molecule is O=C(NC[C@@H]1OC(=O)N2c3ccc(N4CCCOCC4=O)cc3OC[C@@H]12)c1ccc(Cl)s1. The molecule has 0 saturated carbocycles. The lowest BCUT2D eigenvalue weighted by atomic mass is 10.1. The molecule has 0 radical (unpaired) electrons. The third kappa shape index (κ3) is 3.89. The molecule has 2 fully saturated rings. The highest BCUT2D eigenvalue weighted by atomic mass is 35.5. The van der Waals surface area contributed by atoms with Crippen molar-refractivity contribution in [1.82, 2.24) is 5.32 Å². The highest BCUT2D eigenvalue weighted by molar-refractivity contribution is 7.18. The van der Waals surface area contributed by atoms with E-state index in [1.54, 1.807) is 40.1 Å². The van der Waals surface area contributed by atoms with Crippen LogP contribution in [0.4, 0.5) is 16.2 Å². The van der Waals surface area contributed by atoms with Gasteiger partial charge in [0, 0.05) is 24.9 Å². The number of nitrogens with one attached hydrogen (secondary N) is 1. The molecule has 1 N–H and O–H groups in total. The summed E-state index contributed by atoms with van der Waals surface area (Å²) >= 11 is 7.07. The van der Waals surface area contributed by atoms with Gasteiger partial charge in [0.05, 0.1) is 21.4 Å². The molecule has 0 unspecified atom stereocenters. The largest absolute Gasteiger partial charge is 0.489 e. The maximum Gasteiger partial charge on any atom is 0.415 e. The van der Waals surface area contributed by atoms with Gasteiger partial charge in [-0.3, -0.25) is 14.5 Å². The molecular formula is C21H20ClN3O6S. The van der Waals surface area contributed by atoms with Crippen molar-refractivity contribution in [1.29, 1.82) is 0 Å². The predicted octanol–water partition coefficient (Wildman–Crippen LogP) is 2.67. The Morgan fingerprint density at radius 3 is 2.94 bits per heavy atom. The fourth-order valence-corrected chi connectivity index (χ4v) is 5.00. The van der Waals surface area contributed by atoms with E-state index in [9.17, 15) is 14.4 Å². The summed E-state index contributed by atoms with van der Waals surface area (Å²) < 4.78 is 17.3. The second-order valence-corrected chi connectivity index (χ2v) is 9.30. The highest BCUT2D eigenvalue weighted by Gasteiger charge is 2.46. The number of rotatable bonds is 4. The Morgan fingerprint density at radius 1 is 1.25 bits per heavy atom. The topological polar surface area (TPSA) is 97.4 Å². The van der Waals surface area contributed by atoms with Crippen LogP contribution in [0.1, 0.15) is 16.1 Å². The van der Waals surface area contributed by atoms with Gasteiger partial charge in [0.2, 0.25) is 0 Å². The average molecular weight is 478 g/mol. The minimum absolute atomic E-state index is 0.0452. The van der Waals surface area contributed by atoms with Crippen molar-refractivity contribution in [3.63, 3.8) is 0 Å². The number of benzene rings is 1. The number of nitrogens with zero attached hydrogens (tertiary/aromatic N) is 2. The molecule has 0 bridgehead atoms. The number of anilines is 2. The van der Waals surface area contributed by atoms with Crippen molar-refractivity contribution in [3.05, 3.63) is 39.5 Å². The molecule has 3 amide bonds. The first-order valence-electron chi connectivity index (χ1n) is 10.2. The zero-order valence-electron chi connectivity index (χ0n) is 16.9. The van der Waals surface area contributed by atoms with Gasteiger partial charge in [0.25, 0.3) is 11.8 Å². The van der Waals surface area contributed by atoms with Gasteiger partial charge in [-0.1, -0.05) is 11.6 Å². The zero-order chi connectivity index (χ0) is 22.2. The highest BCUT2D eigenvalue weighted by Crippen LogP contribution is 2.41. The Morgan fingerprint density at radius 2 is 2.12 bits per heavy atom. The number of cyclic esters (lactones) is 1. The van der Waals surface area contributed by atoms with Crippen LogP contribution >= 0.6 is 22.9 Å². The van der Waals surface area contributed by atoms with Crippen LogP contribution in [0, 0.1) is 0 Å². The van der Waals surface area contributed by atoms with E-state index in [0.717, 1.165) is 6.42 Å². The summed E-state index contributed by atoms with van der Waals surface area (Å²) in [6.45, 7) is 1.51. The fourth-order valence-electron chi connectivity index (χ4n) is 4.04. The fraction of sp³-hybridized carbons (Fsp3) is 0.381. The van der Waals surface area contributed by atoms with Gasteiger partial charge in [0.1, 0.15) is 31.1 Å². The molecule has 1 aromatic carbocycles. The van der Waals surface area contributed by atoms with E-state index >= 15 is 0 Å². The quantitative estimate of drug-likeness (QED) is 0.727. The van der Waals surface area contributed by atoms with Gasteiger partial charge in [-0.2, -0.15) is 0 Å². The van der Waals surface area contributed by atoms with E-state index in [2.05, 4.69) is 5.32 Å². The Bertz CT molecular complexity index is 1080. The zero-order valence-corrected chi connectivity index (χ0v) is 18.5. The molecule has 4 heterocycles. The van der Waals surface area contributed by atoms with E-state index < -0.39 is 12.2 Å². The van der Waals surface area contributed by atoms with Crippen molar-refractivity contribution < 1.29 is 28.6 Å². The molecular weight excluding hydrogens is 458 g/mol. The van der Waals surface area contributed by atoms with Crippen LogP contribution in [0.3, 0.4) is 0 Å². The maximum absolute atomic E-state index is 12.6. The van der Waals surface area contributed by atoms with E-state index in [4.69, 9.17) is 25.8 Å². The summed E-state index contributed by atoms with van der Waals surface area (Å²) in [7, 11) is 0. The summed E-state index contributed by atoms with van der Waals surface area (Å²) in [5.41, 5.74) is 1.27. The lowest BCUT2D eigenvalue weighted by Crippen LogP contribution is -2.47. The lowest BCUT2D eigenvalue weighted by molar-refractivity contribution is -0.122. The Labute approximate surface area is 192 Å². The molecule has 3 aliphatic heterocycles. The number of hydrogen-bond donors (Lipinski definition) is 1. The standard InChI is InChI=1S/C21H20ClN3O6S/c22-18-5-4-17(32-18)20(27)23-9-16-14-10-30-15-8-12(24-6-1-7-29-11-19(24)26)2-3-13(15)25(14)21(28)31-16/h2-5,8,14,16H,1,6-7,9-11H2,(H,23,27)/t14-,16-/m0/s1. The normalized spacial score (nSPS) is 22.5. The first-order chi connectivity index (χ1) is 15.5. The van der Waals surface area contributed by atoms with E-state index in [1.165, 1.54) is 11.3 Å². The van der Waals surface area contributed by atoms with Crippen LogP contribution in [0.2, 0.25) is 4.34 Å². The monoisotopic (exact) mass is 477 g/mol. The predicted molar refractivity (Wildman–Crippen MR) is 118 cm³/mol. The first kappa shape index (κ1) is 21.0. The van der Waals surface area contributed by atoms with E-state index in [-0.39, 0.29) is 37.6 Å². The van der Waals surface area contributed by atoms with Crippen LogP contribution in [-0.4, -0.2) is 63.0 Å². The second-order valence-electron chi connectivity index (χ2n) is 7.59. The number of thiophene rings is 1. The maximum atomic E-state index is 12.6. The molecule has 11 heteroatoms. The smallest absolute Gasteiger partial charge is 0.415 e. The molecule has 0 spiro atoms. The van der Waals surface area contributed by atoms with Crippen LogP contribution < -0.4 is 19.9 Å². The van der Waals surface area contributed by atoms with Gasteiger partial charge >= 0.3 is 6.09 Å². The third-order valence-corrected chi connectivity index (χ3v) is 6.82. The average Bonchev–Trinajstić information content (AvgIpc) is 3.29. The van der Waals surface area contributed by atoms with Crippen molar-refractivity contribution >= 4 is 52.2 Å². The van der Waals surface area contributed by atoms with Gasteiger partial charge in [-0.15, -0.1) is 11.3 Å². The first-order valence-corrected chi connectivity index (χ1v) is 11.4. The molecule has 9 nitrogen and oxygen atoms in total. The summed E-state index contributed by atoms with van der Waals surface area (Å²) in [4.78, 5) is 41.0. The minimum atomic E-state index is -0.556. The molecule has 2 aromatic rings. The number of hydrogen-bond acceptors (Lipinski definition) is 7. The lowest BCUT2D eigenvalue weighted by Gasteiger charge is -2.32. The third-order valence-electron chi connectivity index (χ3n) is 5.59. The summed E-state index contributed by atoms with van der Waals surface area (Å²) in [6, 6.07) is 8.24. The molecule has 2 saturated heterocycles. The van der Waals surface area contributed by atoms with Gasteiger partial charge < -0.3 is 24.4 Å². The Balaban J connectivity index is 1.30. The van der Waals surface area contributed by atoms with E-state index in [0.29, 0.717) is 39.5 Å². The van der Waals surface area contributed by atoms with Crippen molar-refractivity contribution in [2.75, 3.05) is 42.7 Å². The molecule has 3 aliphatic rings. The summed E-state index contributed by atoms with van der Waals surface area (Å²) in [5, 5.41) is 2.79. The number of amides is 3. The summed E-state index contributed by atoms with van der Waals surface area (Å²) in [6.07, 6.45) is -0.307. The molecule has 32 heavy (non-hydrogen) atoms. The van der Waals surface area contributed by atoms with Crippen molar-refractivity contribution in [2.24, 2.45) is 0 Å². The Hall–Kier alpha value is -2.82. The van der Waals surface area contributed by atoms with E-state index in [1.807, 2.05) is 0 Å². The molecule has 1 aromatic heterocycles. The minimum Gasteiger partial charge on any atom is -0.489 e. The van der Waals surface area contributed by atoms with Gasteiger partial charge in [-0.05, 0) is 30.7 Å². The number of ether oxygens (including phenoxy) is 3. The Kier molecular flexibility index (Phi) is 5.66. The molecule has 168 valence electrons. The second kappa shape index (κ2) is 8.61. The van der Waals surface area contributed by atoms with Gasteiger partial charge in [-0.25, -0.2) is 4.79 Å². The number of fused-ring (bicyclic) bond motifs is 3. The van der Waals surface area contributed by atoms with Crippen LogP contribution in [0.5, 0.6) is 5.75 Å². The molecule has 0 aliphatic carbocycles. The van der Waals surface area contributed by atoms with Gasteiger partial charge in [0.15, 0.2) is 0 Å². The molecule has 5 rings (SSSR count). The van der Waals surface area contributed by atoms with Crippen LogP contribution in [0.25, 0.3) is 0 Å². The summed E-state index contributed by atoms with van der Waals surface area (Å²) in [5.74, 6) is 0.121. The van der Waals surface area contributed by atoms with Crippen LogP contribution in [0.15, 0.2) is 30.3 Å². The number of carbonyl (C=O) groups is 3.